The molecule has 0 aromatic rings. The maximum absolute atomic E-state index is 11.9. The Balaban J connectivity index is 2.35. The van der Waals surface area contributed by atoms with Crippen molar-refractivity contribution in [3.8, 4) is 0 Å². The van der Waals surface area contributed by atoms with Gasteiger partial charge in [-0.1, -0.05) is 11.1 Å². The van der Waals surface area contributed by atoms with Crippen LogP contribution < -0.4 is 0 Å². The summed E-state index contributed by atoms with van der Waals surface area (Å²) in [6.07, 6.45) is -0.994. The van der Waals surface area contributed by atoms with Crippen molar-refractivity contribution in [3.05, 3.63) is 0 Å². The average molecular weight is 155 g/mol. The van der Waals surface area contributed by atoms with Gasteiger partial charge in [0.1, 0.15) is 0 Å². The number of alkyl halides is 2. The van der Waals surface area contributed by atoms with Gasteiger partial charge in [-0.25, -0.2) is 8.78 Å². The summed E-state index contributed by atoms with van der Waals surface area (Å²) in [4.78, 5) is 0. The Morgan fingerprint density at radius 1 is 1.56 bits per heavy atom. The van der Waals surface area contributed by atoms with Crippen LogP contribution in [0.1, 0.15) is 12.8 Å². The van der Waals surface area contributed by atoms with E-state index in [2.05, 4.69) is 0 Å². The minimum absolute atomic E-state index is 0.497. The van der Waals surface area contributed by atoms with E-state index in [1.165, 1.54) is 0 Å². The summed E-state index contributed by atoms with van der Waals surface area (Å²) >= 11 is -2.30. The van der Waals surface area contributed by atoms with Crippen molar-refractivity contribution in [2.45, 2.75) is 24.0 Å². The smallest absolute Gasteiger partial charge is 0.250 e. The Morgan fingerprint density at radius 3 is 2.11 bits per heavy atom. The van der Waals surface area contributed by atoms with E-state index in [0.717, 1.165) is 0 Å². The maximum Gasteiger partial charge on any atom is 0.250 e. The Hall–Kier alpha value is -0.0300. The van der Waals surface area contributed by atoms with Gasteiger partial charge in [0.25, 0.3) is 0 Å². The molecular formula is C4H5F2O2S-. The highest BCUT2D eigenvalue weighted by atomic mass is 32.2. The van der Waals surface area contributed by atoms with Crippen LogP contribution in [0.25, 0.3) is 0 Å². The van der Waals surface area contributed by atoms with Crippen molar-refractivity contribution in [3.63, 3.8) is 0 Å². The number of hydrogen-bond donors (Lipinski definition) is 0. The molecule has 1 aliphatic rings. The van der Waals surface area contributed by atoms with E-state index in [0.29, 0.717) is 0 Å². The van der Waals surface area contributed by atoms with Gasteiger partial charge in [0.05, 0.1) is 0 Å². The predicted octanol–water partition coefficient (Wildman–Crippen LogP) is 0.663. The minimum atomic E-state index is -2.72. The van der Waals surface area contributed by atoms with Crippen LogP contribution in [0.15, 0.2) is 0 Å². The van der Waals surface area contributed by atoms with Crippen molar-refractivity contribution in [2.24, 2.45) is 0 Å². The van der Waals surface area contributed by atoms with Gasteiger partial charge in [-0.05, 0) is 0 Å². The lowest BCUT2D eigenvalue weighted by Crippen LogP contribution is -2.42. The lowest BCUT2D eigenvalue weighted by atomic mass is 9.94. The molecule has 0 aliphatic heterocycles. The van der Waals surface area contributed by atoms with E-state index in [4.69, 9.17) is 0 Å². The molecule has 0 saturated heterocycles. The molecule has 0 spiro atoms. The Bertz CT molecular complexity index is 140. The minimum Gasteiger partial charge on any atom is -0.772 e. The second-order valence-electron chi connectivity index (χ2n) is 2.15. The molecule has 9 heavy (non-hydrogen) atoms. The first-order valence-electron chi connectivity index (χ1n) is 2.47. The lowest BCUT2D eigenvalue weighted by molar-refractivity contribution is -0.0688. The van der Waals surface area contributed by atoms with Crippen molar-refractivity contribution >= 4 is 11.1 Å². The summed E-state index contributed by atoms with van der Waals surface area (Å²) in [5, 5.41) is -0.806. The van der Waals surface area contributed by atoms with Gasteiger partial charge in [-0.3, -0.25) is 4.21 Å². The van der Waals surface area contributed by atoms with Crippen molar-refractivity contribution in [1.29, 1.82) is 0 Å². The topological polar surface area (TPSA) is 40.1 Å². The molecule has 54 valence electrons. The summed E-state index contributed by atoms with van der Waals surface area (Å²) < 4.78 is 43.6. The molecule has 1 aliphatic carbocycles. The third kappa shape index (κ3) is 1.46. The molecule has 1 saturated carbocycles. The van der Waals surface area contributed by atoms with Crippen LogP contribution in [-0.2, 0) is 11.1 Å². The lowest BCUT2D eigenvalue weighted by Gasteiger charge is -2.35. The zero-order valence-corrected chi connectivity index (χ0v) is 5.29. The molecule has 0 radical (unpaired) electrons. The van der Waals surface area contributed by atoms with Gasteiger partial charge >= 0.3 is 0 Å². The monoisotopic (exact) mass is 155 g/mol. The van der Waals surface area contributed by atoms with Crippen LogP contribution in [0.3, 0.4) is 0 Å². The molecule has 0 N–H and O–H groups in total. The Kier molecular flexibility index (Phi) is 1.56. The Labute approximate surface area is 53.5 Å². The summed E-state index contributed by atoms with van der Waals surface area (Å²) in [5.41, 5.74) is 0. The highest BCUT2D eigenvalue weighted by Gasteiger charge is 2.45. The SMILES string of the molecule is O=S([O-])C1CC(F)(F)C1. The van der Waals surface area contributed by atoms with Crippen LogP contribution in [-0.4, -0.2) is 19.9 Å². The van der Waals surface area contributed by atoms with Crippen LogP contribution in [0, 0.1) is 0 Å². The number of hydrogen-bond acceptors (Lipinski definition) is 2. The van der Waals surface area contributed by atoms with Crippen LogP contribution in [0.2, 0.25) is 0 Å². The van der Waals surface area contributed by atoms with E-state index in [1.807, 2.05) is 0 Å². The standard InChI is InChI=1S/C4H6F2O2S/c5-4(6)1-3(2-4)9(7)8/h3H,1-2H2,(H,7,8)/p-1. The first-order chi connectivity index (χ1) is 4.01. The summed E-state index contributed by atoms with van der Waals surface area (Å²) in [6, 6.07) is 0. The number of halogens is 2. The molecular weight excluding hydrogens is 150 g/mol. The third-order valence-corrected chi connectivity index (χ3v) is 2.20. The normalized spacial score (nSPS) is 29.2. The fourth-order valence-electron chi connectivity index (χ4n) is 0.742. The fraction of sp³-hybridized carbons (Fsp3) is 1.00. The highest BCUT2D eigenvalue weighted by molar-refractivity contribution is 7.79. The molecule has 0 aromatic heterocycles. The molecule has 0 amide bonds. The van der Waals surface area contributed by atoms with E-state index in [-0.39, 0.29) is 0 Å². The second-order valence-corrected chi connectivity index (χ2v) is 3.33. The van der Waals surface area contributed by atoms with Gasteiger partial charge in [-0.15, -0.1) is 0 Å². The molecule has 0 bridgehead atoms. The zero-order chi connectivity index (χ0) is 7.07. The molecule has 1 fully saturated rings. The first-order valence-corrected chi connectivity index (χ1v) is 3.61. The summed E-state index contributed by atoms with van der Waals surface area (Å²) in [6.45, 7) is 0. The molecule has 0 heterocycles. The van der Waals surface area contributed by atoms with Gasteiger partial charge in [0.2, 0.25) is 5.92 Å². The molecule has 1 atom stereocenters. The van der Waals surface area contributed by atoms with Crippen LogP contribution >= 0.6 is 0 Å². The molecule has 1 unspecified atom stereocenters. The second kappa shape index (κ2) is 1.98. The molecule has 5 heteroatoms. The van der Waals surface area contributed by atoms with Crippen molar-refractivity contribution < 1.29 is 17.5 Å². The van der Waals surface area contributed by atoms with Gasteiger partial charge in [0, 0.05) is 18.1 Å². The van der Waals surface area contributed by atoms with Gasteiger partial charge in [-0.2, -0.15) is 0 Å². The summed E-state index contributed by atoms with van der Waals surface area (Å²) in [7, 11) is 0. The quantitative estimate of drug-likeness (QED) is 0.522. The zero-order valence-electron chi connectivity index (χ0n) is 4.47. The molecule has 1 rings (SSSR count). The van der Waals surface area contributed by atoms with Crippen LogP contribution in [0.4, 0.5) is 8.78 Å². The first kappa shape index (κ1) is 7.08. The maximum atomic E-state index is 11.9. The van der Waals surface area contributed by atoms with Crippen molar-refractivity contribution in [2.75, 3.05) is 0 Å². The predicted molar refractivity (Wildman–Crippen MR) is 26.9 cm³/mol. The third-order valence-electron chi connectivity index (χ3n) is 1.32. The van der Waals surface area contributed by atoms with Crippen LogP contribution in [0.5, 0.6) is 0 Å². The molecule has 2 nitrogen and oxygen atoms in total. The van der Waals surface area contributed by atoms with E-state index in [9.17, 15) is 17.5 Å². The Morgan fingerprint density at radius 2 is 2.00 bits per heavy atom. The fourth-order valence-corrected chi connectivity index (χ4v) is 1.50. The van der Waals surface area contributed by atoms with Crippen molar-refractivity contribution in [1.82, 2.24) is 0 Å². The highest BCUT2D eigenvalue weighted by Crippen LogP contribution is 2.39. The van der Waals surface area contributed by atoms with E-state index >= 15 is 0 Å². The van der Waals surface area contributed by atoms with Gasteiger partial charge in [0.15, 0.2) is 0 Å². The van der Waals surface area contributed by atoms with E-state index < -0.39 is 35.1 Å². The largest absolute Gasteiger partial charge is 0.772 e. The van der Waals surface area contributed by atoms with E-state index in [1.54, 1.807) is 0 Å². The number of rotatable bonds is 1. The average Bonchev–Trinajstić information content (AvgIpc) is 1.59. The summed E-state index contributed by atoms with van der Waals surface area (Å²) in [5.74, 6) is -2.72. The molecule has 0 aromatic carbocycles. The van der Waals surface area contributed by atoms with Gasteiger partial charge < -0.3 is 4.55 Å².